The molecule has 2 aromatic carbocycles. The number of amides is 1. The first-order chi connectivity index (χ1) is 14.7. The number of allylic oxidation sites excluding steroid dienone is 1. The van der Waals surface area contributed by atoms with E-state index in [4.69, 9.17) is 15.9 Å². The van der Waals surface area contributed by atoms with Gasteiger partial charge in [0.05, 0.1) is 0 Å². The molecule has 6 heteroatoms. The van der Waals surface area contributed by atoms with Crippen LogP contribution in [0.1, 0.15) is 23.1 Å². The van der Waals surface area contributed by atoms with Crippen LogP contribution in [-0.4, -0.2) is 43.4 Å². The summed E-state index contributed by atoms with van der Waals surface area (Å²) in [6.45, 7) is 3.74. The molecule has 2 aliphatic rings. The molecule has 156 valence electrons. The SMILES string of the molecule is N=C/C(=C\N)c1ccc2c(c1)CCN2CC1CCN(C(=O)OCc2ccccc2)C1. The molecule has 0 aromatic heterocycles. The third kappa shape index (κ3) is 4.32. The Kier molecular flexibility index (Phi) is 6.02. The molecule has 0 saturated carbocycles. The minimum absolute atomic E-state index is 0.222. The monoisotopic (exact) mass is 404 g/mol. The van der Waals surface area contributed by atoms with E-state index in [1.54, 1.807) is 0 Å². The van der Waals surface area contributed by atoms with Gasteiger partial charge in [-0.05, 0) is 47.6 Å². The summed E-state index contributed by atoms with van der Waals surface area (Å²) in [7, 11) is 0. The predicted octanol–water partition coefficient (Wildman–Crippen LogP) is 3.66. The van der Waals surface area contributed by atoms with Crippen LogP contribution in [0.15, 0.2) is 54.7 Å². The van der Waals surface area contributed by atoms with Crippen molar-refractivity contribution >= 4 is 23.6 Å². The van der Waals surface area contributed by atoms with Crippen molar-refractivity contribution in [1.82, 2.24) is 4.90 Å². The minimum Gasteiger partial charge on any atom is -0.445 e. The van der Waals surface area contributed by atoms with E-state index in [-0.39, 0.29) is 6.09 Å². The Labute approximate surface area is 177 Å². The summed E-state index contributed by atoms with van der Waals surface area (Å²) in [4.78, 5) is 16.7. The minimum atomic E-state index is -0.222. The molecule has 2 heterocycles. The van der Waals surface area contributed by atoms with Crippen LogP contribution in [0.25, 0.3) is 5.57 Å². The van der Waals surface area contributed by atoms with E-state index in [1.807, 2.05) is 41.3 Å². The van der Waals surface area contributed by atoms with Gasteiger partial charge in [-0.15, -0.1) is 0 Å². The van der Waals surface area contributed by atoms with Gasteiger partial charge >= 0.3 is 6.09 Å². The second kappa shape index (κ2) is 9.03. The van der Waals surface area contributed by atoms with Crippen molar-refractivity contribution in [3.63, 3.8) is 0 Å². The van der Waals surface area contributed by atoms with Crippen molar-refractivity contribution in [3.05, 3.63) is 71.4 Å². The van der Waals surface area contributed by atoms with Gasteiger partial charge in [0.1, 0.15) is 6.61 Å². The zero-order chi connectivity index (χ0) is 20.9. The number of anilines is 1. The molecule has 0 aliphatic carbocycles. The lowest BCUT2D eigenvalue weighted by molar-refractivity contribution is 0.103. The first-order valence-corrected chi connectivity index (χ1v) is 10.4. The highest BCUT2D eigenvalue weighted by atomic mass is 16.6. The van der Waals surface area contributed by atoms with Crippen LogP contribution in [0.3, 0.4) is 0 Å². The molecule has 0 radical (unpaired) electrons. The Bertz CT molecular complexity index is 941. The van der Waals surface area contributed by atoms with Crippen molar-refractivity contribution < 1.29 is 9.53 Å². The van der Waals surface area contributed by atoms with Gasteiger partial charge in [-0.3, -0.25) is 0 Å². The summed E-state index contributed by atoms with van der Waals surface area (Å²) in [5.41, 5.74) is 10.9. The molecule has 1 amide bonds. The summed E-state index contributed by atoms with van der Waals surface area (Å²) in [6, 6.07) is 16.1. The molecule has 2 aromatic rings. The molecule has 1 atom stereocenters. The van der Waals surface area contributed by atoms with Gasteiger partial charge in [-0.1, -0.05) is 36.4 Å². The molecule has 3 N–H and O–H groups in total. The zero-order valence-corrected chi connectivity index (χ0v) is 17.1. The third-order valence-corrected chi connectivity index (χ3v) is 5.97. The Morgan fingerprint density at radius 3 is 2.80 bits per heavy atom. The summed E-state index contributed by atoms with van der Waals surface area (Å²) in [6.07, 6.45) is 4.54. The van der Waals surface area contributed by atoms with Gasteiger partial charge in [0, 0.05) is 49.9 Å². The Hall–Kier alpha value is -3.28. The Morgan fingerprint density at radius 1 is 1.20 bits per heavy atom. The first-order valence-electron chi connectivity index (χ1n) is 10.4. The molecular formula is C24H28N4O2. The number of hydrogen-bond donors (Lipinski definition) is 2. The van der Waals surface area contributed by atoms with Crippen LogP contribution >= 0.6 is 0 Å². The van der Waals surface area contributed by atoms with Crippen molar-refractivity contribution in [3.8, 4) is 0 Å². The number of carbonyl (C=O) groups is 1. The number of nitrogens with two attached hydrogens (primary N) is 1. The quantitative estimate of drug-likeness (QED) is 0.720. The molecule has 1 fully saturated rings. The molecule has 1 saturated heterocycles. The molecule has 30 heavy (non-hydrogen) atoms. The summed E-state index contributed by atoms with van der Waals surface area (Å²) >= 11 is 0. The van der Waals surface area contributed by atoms with E-state index in [2.05, 4.69) is 17.0 Å². The third-order valence-electron chi connectivity index (χ3n) is 5.97. The molecule has 0 bridgehead atoms. The fourth-order valence-corrected chi connectivity index (χ4v) is 4.34. The van der Waals surface area contributed by atoms with Gasteiger partial charge in [0.2, 0.25) is 0 Å². The molecular weight excluding hydrogens is 376 g/mol. The van der Waals surface area contributed by atoms with E-state index in [0.29, 0.717) is 12.5 Å². The highest BCUT2D eigenvalue weighted by molar-refractivity contribution is 6.08. The van der Waals surface area contributed by atoms with E-state index >= 15 is 0 Å². The number of rotatable bonds is 6. The molecule has 4 rings (SSSR count). The van der Waals surface area contributed by atoms with E-state index in [9.17, 15) is 4.79 Å². The fraction of sp³-hybridized carbons (Fsp3) is 0.333. The maximum atomic E-state index is 12.4. The van der Waals surface area contributed by atoms with Crippen LogP contribution < -0.4 is 10.6 Å². The lowest BCUT2D eigenvalue weighted by Crippen LogP contribution is -2.32. The van der Waals surface area contributed by atoms with Gasteiger partial charge in [0.15, 0.2) is 0 Å². The number of fused-ring (bicyclic) bond motifs is 1. The normalized spacial score (nSPS) is 18.4. The zero-order valence-electron chi connectivity index (χ0n) is 17.1. The number of likely N-dealkylation sites (tertiary alicyclic amines) is 1. The number of benzene rings is 2. The molecule has 0 spiro atoms. The standard InChI is InChI=1S/C24H28N4O2/c25-13-22(14-26)20-6-7-23-21(12-20)9-11-27(23)15-19-8-10-28(16-19)24(29)30-17-18-4-2-1-3-5-18/h1-7,12-14,19,25H,8-11,15-17,26H2/b22-14+,25-13?. The molecule has 1 unspecified atom stereocenters. The second-order valence-corrected chi connectivity index (χ2v) is 7.95. The maximum Gasteiger partial charge on any atom is 0.410 e. The van der Waals surface area contributed by atoms with Crippen molar-refractivity contribution in [2.75, 3.05) is 31.1 Å². The van der Waals surface area contributed by atoms with Crippen LogP contribution in [0.4, 0.5) is 10.5 Å². The van der Waals surface area contributed by atoms with Gasteiger partial charge < -0.3 is 25.7 Å². The number of nitrogens with one attached hydrogen (secondary N) is 1. The van der Waals surface area contributed by atoms with Crippen molar-refractivity contribution in [1.29, 1.82) is 5.41 Å². The number of ether oxygens (including phenoxy) is 1. The van der Waals surface area contributed by atoms with Gasteiger partial charge in [-0.25, -0.2) is 4.79 Å². The topological polar surface area (TPSA) is 82.7 Å². The Morgan fingerprint density at radius 2 is 2.03 bits per heavy atom. The largest absolute Gasteiger partial charge is 0.445 e. The molecule has 2 aliphatic heterocycles. The Balaban J connectivity index is 1.31. The first kappa shape index (κ1) is 20.0. The van der Waals surface area contributed by atoms with Crippen molar-refractivity contribution in [2.45, 2.75) is 19.4 Å². The smallest absolute Gasteiger partial charge is 0.410 e. The molecule has 6 nitrogen and oxygen atoms in total. The fourth-order valence-electron chi connectivity index (χ4n) is 4.34. The second-order valence-electron chi connectivity index (χ2n) is 7.95. The number of carbonyl (C=O) groups excluding carboxylic acids is 1. The van der Waals surface area contributed by atoms with Crippen LogP contribution in [0, 0.1) is 11.3 Å². The summed E-state index contributed by atoms with van der Waals surface area (Å²) < 4.78 is 5.48. The summed E-state index contributed by atoms with van der Waals surface area (Å²) in [5.74, 6) is 0.445. The lowest BCUT2D eigenvalue weighted by atomic mass is 10.0. The predicted molar refractivity (Wildman–Crippen MR) is 120 cm³/mol. The maximum absolute atomic E-state index is 12.4. The van der Waals surface area contributed by atoms with Crippen LogP contribution in [0.2, 0.25) is 0 Å². The van der Waals surface area contributed by atoms with Crippen LogP contribution in [0.5, 0.6) is 0 Å². The van der Waals surface area contributed by atoms with E-state index in [1.165, 1.54) is 23.7 Å². The highest BCUT2D eigenvalue weighted by Gasteiger charge is 2.30. The average Bonchev–Trinajstić information content (AvgIpc) is 3.41. The van der Waals surface area contributed by atoms with Gasteiger partial charge in [0.25, 0.3) is 0 Å². The lowest BCUT2D eigenvalue weighted by Gasteiger charge is -2.24. The van der Waals surface area contributed by atoms with E-state index < -0.39 is 0 Å². The van der Waals surface area contributed by atoms with Gasteiger partial charge in [-0.2, -0.15) is 0 Å². The number of hydrogen-bond acceptors (Lipinski definition) is 5. The highest BCUT2D eigenvalue weighted by Crippen LogP contribution is 2.32. The van der Waals surface area contributed by atoms with E-state index in [0.717, 1.165) is 55.7 Å². The average molecular weight is 405 g/mol. The number of nitrogens with zero attached hydrogens (tertiary/aromatic N) is 2. The summed E-state index contributed by atoms with van der Waals surface area (Å²) in [5, 5.41) is 7.49. The van der Waals surface area contributed by atoms with Crippen molar-refractivity contribution in [2.24, 2.45) is 11.7 Å². The van der Waals surface area contributed by atoms with Crippen LogP contribution in [-0.2, 0) is 17.8 Å².